The molecule has 1 aliphatic carbocycles. The fourth-order valence-corrected chi connectivity index (χ4v) is 4.93. The van der Waals surface area contributed by atoms with Crippen molar-refractivity contribution in [2.45, 2.75) is 64.1 Å². The number of ketones is 1. The van der Waals surface area contributed by atoms with Gasteiger partial charge >= 0.3 is 0 Å². The largest absolute Gasteiger partial charge is 0.487 e. The lowest BCUT2D eigenvalue weighted by atomic mass is 9.93. The predicted molar refractivity (Wildman–Crippen MR) is 115 cm³/mol. The SMILES string of the molecule is C[C@@H](COC1CCC(Oc2ccc3nc(C(C)(F)F)sc3c2F)CC1)CC(=O)C1COC1. The van der Waals surface area contributed by atoms with E-state index in [9.17, 15) is 18.0 Å². The summed E-state index contributed by atoms with van der Waals surface area (Å²) in [6.07, 6.45) is 3.47. The summed E-state index contributed by atoms with van der Waals surface area (Å²) in [6.45, 7) is 4.39. The zero-order chi connectivity index (χ0) is 22.9. The number of carbonyl (C=O) groups excluding carboxylic acids is 1. The Labute approximate surface area is 189 Å². The number of nitrogens with zero attached hydrogens (tertiary/aromatic N) is 1. The Bertz CT molecular complexity index is 949. The molecule has 0 spiro atoms. The van der Waals surface area contributed by atoms with Crippen molar-refractivity contribution in [2.75, 3.05) is 19.8 Å². The molecular formula is C23H28F3NO4S. The van der Waals surface area contributed by atoms with E-state index >= 15 is 0 Å². The summed E-state index contributed by atoms with van der Waals surface area (Å²) in [5.74, 6) is -3.20. The molecule has 1 atom stereocenters. The highest BCUT2D eigenvalue weighted by atomic mass is 32.1. The van der Waals surface area contributed by atoms with Crippen LogP contribution in [0.1, 0.15) is 51.0 Å². The number of ether oxygens (including phenoxy) is 3. The summed E-state index contributed by atoms with van der Waals surface area (Å²) in [5, 5.41) is -0.404. The van der Waals surface area contributed by atoms with E-state index in [1.54, 1.807) is 0 Å². The molecule has 0 radical (unpaired) electrons. The minimum atomic E-state index is -3.11. The second-order valence-corrected chi connectivity index (χ2v) is 9.99. The van der Waals surface area contributed by atoms with Gasteiger partial charge in [0.25, 0.3) is 5.92 Å². The van der Waals surface area contributed by atoms with E-state index in [2.05, 4.69) is 4.98 Å². The average Bonchev–Trinajstić information content (AvgIpc) is 3.14. The second-order valence-electron chi connectivity index (χ2n) is 8.99. The maximum absolute atomic E-state index is 14.8. The monoisotopic (exact) mass is 471 g/mol. The second kappa shape index (κ2) is 9.65. The Morgan fingerprint density at radius 1 is 1.25 bits per heavy atom. The molecule has 2 fully saturated rings. The lowest BCUT2D eigenvalue weighted by Gasteiger charge is -2.30. The van der Waals surface area contributed by atoms with Crippen molar-refractivity contribution in [1.29, 1.82) is 0 Å². The number of benzene rings is 1. The Morgan fingerprint density at radius 2 is 1.94 bits per heavy atom. The number of hydrogen-bond acceptors (Lipinski definition) is 6. The van der Waals surface area contributed by atoms with Gasteiger partial charge in [0, 0.05) is 20.0 Å². The third-order valence-electron chi connectivity index (χ3n) is 6.01. The normalized spacial score (nSPS) is 23.2. The molecule has 2 aromatic rings. The highest BCUT2D eigenvalue weighted by Crippen LogP contribution is 2.38. The van der Waals surface area contributed by atoms with E-state index in [1.807, 2.05) is 6.92 Å². The van der Waals surface area contributed by atoms with Gasteiger partial charge in [0.1, 0.15) is 5.78 Å². The van der Waals surface area contributed by atoms with Gasteiger partial charge in [-0.3, -0.25) is 4.79 Å². The van der Waals surface area contributed by atoms with Gasteiger partial charge in [-0.2, -0.15) is 8.78 Å². The summed E-state index contributed by atoms with van der Waals surface area (Å²) in [7, 11) is 0. The fourth-order valence-electron chi connectivity index (χ4n) is 4.01. The molecule has 0 unspecified atom stereocenters. The van der Waals surface area contributed by atoms with Crippen molar-refractivity contribution in [1.82, 2.24) is 4.98 Å². The van der Waals surface area contributed by atoms with Crippen LogP contribution in [0.5, 0.6) is 5.75 Å². The molecule has 0 bridgehead atoms. The molecule has 32 heavy (non-hydrogen) atoms. The summed E-state index contributed by atoms with van der Waals surface area (Å²) in [4.78, 5) is 15.9. The lowest BCUT2D eigenvalue weighted by molar-refractivity contribution is -0.138. The first-order valence-electron chi connectivity index (χ1n) is 11.1. The van der Waals surface area contributed by atoms with Crippen molar-refractivity contribution < 1.29 is 32.2 Å². The Balaban J connectivity index is 1.25. The van der Waals surface area contributed by atoms with Gasteiger partial charge in [0.2, 0.25) is 0 Å². The van der Waals surface area contributed by atoms with Gasteiger partial charge in [-0.25, -0.2) is 9.37 Å². The van der Waals surface area contributed by atoms with Gasteiger partial charge in [0.15, 0.2) is 16.6 Å². The molecule has 1 aliphatic heterocycles. The Morgan fingerprint density at radius 3 is 2.56 bits per heavy atom. The first kappa shape index (κ1) is 23.4. The highest BCUT2D eigenvalue weighted by molar-refractivity contribution is 7.18. The number of rotatable bonds is 9. The van der Waals surface area contributed by atoms with Gasteiger partial charge < -0.3 is 14.2 Å². The van der Waals surface area contributed by atoms with E-state index in [1.165, 1.54) is 12.1 Å². The number of fused-ring (bicyclic) bond motifs is 1. The number of aromatic nitrogens is 1. The molecule has 0 amide bonds. The minimum Gasteiger partial charge on any atom is -0.487 e. The van der Waals surface area contributed by atoms with Crippen LogP contribution in [0.2, 0.25) is 0 Å². The standard InChI is InChI=1S/C23H28F3NO4S/c1-13(9-18(28)14-11-29-12-14)10-30-15-3-5-16(6-4-15)31-19-8-7-17-21(20(19)24)32-22(27-17)23(2,25)26/h7-8,13-16H,3-6,9-12H2,1-2H3/t13-,15?,16?/m1/s1. The maximum Gasteiger partial charge on any atom is 0.296 e. The van der Waals surface area contributed by atoms with E-state index in [-0.39, 0.29) is 45.8 Å². The van der Waals surface area contributed by atoms with Crippen molar-refractivity contribution in [2.24, 2.45) is 11.8 Å². The van der Waals surface area contributed by atoms with Crippen molar-refractivity contribution in [3.63, 3.8) is 0 Å². The highest BCUT2D eigenvalue weighted by Gasteiger charge is 2.31. The molecule has 2 heterocycles. The molecule has 0 N–H and O–H groups in total. The number of Topliss-reactive ketones (excluding diaryl/α,β-unsaturated/α-hetero) is 1. The first-order valence-corrected chi connectivity index (χ1v) is 11.9. The fraction of sp³-hybridized carbons (Fsp3) is 0.652. The third-order valence-corrected chi connectivity index (χ3v) is 7.25. The lowest BCUT2D eigenvalue weighted by Crippen LogP contribution is -2.36. The number of hydrogen-bond donors (Lipinski definition) is 0. The number of alkyl halides is 2. The summed E-state index contributed by atoms with van der Waals surface area (Å²) in [5.41, 5.74) is 0.214. The smallest absolute Gasteiger partial charge is 0.296 e. The Hall–Kier alpha value is -1.71. The summed E-state index contributed by atoms with van der Waals surface area (Å²) in [6, 6.07) is 2.98. The van der Waals surface area contributed by atoms with Crippen LogP contribution in [-0.2, 0) is 20.2 Å². The molecule has 4 rings (SSSR count). The molecule has 176 valence electrons. The third kappa shape index (κ3) is 5.43. The molecule has 1 saturated heterocycles. The quantitative estimate of drug-likeness (QED) is 0.484. The van der Waals surface area contributed by atoms with Gasteiger partial charge in [-0.1, -0.05) is 6.92 Å². The van der Waals surface area contributed by atoms with Gasteiger partial charge in [0.05, 0.1) is 41.6 Å². The molecule has 9 heteroatoms. The molecule has 1 aromatic carbocycles. The molecule has 1 aromatic heterocycles. The zero-order valence-electron chi connectivity index (χ0n) is 18.2. The van der Waals surface area contributed by atoms with Gasteiger partial charge in [-0.05, 0) is 43.7 Å². The topological polar surface area (TPSA) is 57.7 Å². The molecule has 2 aliphatic rings. The molecule has 5 nitrogen and oxygen atoms in total. The van der Waals surface area contributed by atoms with Crippen LogP contribution in [0.15, 0.2) is 12.1 Å². The summed E-state index contributed by atoms with van der Waals surface area (Å²) < 4.78 is 58.9. The van der Waals surface area contributed by atoms with Gasteiger partial charge in [-0.15, -0.1) is 11.3 Å². The van der Waals surface area contributed by atoms with Crippen LogP contribution in [0.25, 0.3) is 10.2 Å². The van der Waals surface area contributed by atoms with E-state index < -0.39 is 16.7 Å². The number of halogens is 3. The first-order chi connectivity index (χ1) is 15.2. The van der Waals surface area contributed by atoms with E-state index in [4.69, 9.17) is 14.2 Å². The molecule has 1 saturated carbocycles. The number of carbonyl (C=O) groups is 1. The van der Waals surface area contributed by atoms with E-state index in [0.717, 1.165) is 32.6 Å². The van der Waals surface area contributed by atoms with E-state index in [0.29, 0.717) is 37.6 Å². The average molecular weight is 472 g/mol. The summed E-state index contributed by atoms with van der Waals surface area (Å²) >= 11 is 0.660. The van der Waals surface area contributed by atoms with Crippen molar-refractivity contribution in [3.05, 3.63) is 23.0 Å². The van der Waals surface area contributed by atoms with Crippen LogP contribution in [0.3, 0.4) is 0 Å². The van der Waals surface area contributed by atoms with Crippen LogP contribution in [0.4, 0.5) is 13.2 Å². The zero-order valence-corrected chi connectivity index (χ0v) is 19.1. The number of thiazole rings is 1. The predicted octanol–water partition coefficient (Wildman–Crippen LogP) is 5.50. The van der Waals surface area contributed by atoms with Crippen LogP contribution in [0, 0.1) is 17.7 Å². The van der Waals surface area contributed by atoms with Crippen LogP contribution < -0.4 is 4.74 Å². The van der Waals surface area contributed by atoms with Crippen molar-refractivity contribution in [3.8, 4) is 5.75 Å². The maximum atomic E-state index is 14.8. The van der Waals surface area contributed by atoms with Crippen LogP contribution >= 0.6 is 11.3 Å². The van der Waals surface area contributed by atoms with Crippen molar-refractivity contribution >= 4 is 27.3 Å². The molecular weight excluding hydrogens is 443 g/mol. The minimum absolute atomic E-state index is 0.0552. The van der Waals surface area contributed by atoms with Crippen LogP contribution in [-0.4, -0.2) is 42.8 Å². The Kier molecular flexibility index (Phi) is 7.07.